The number of nitrogens with zero attached hydrogens (tertiary/aromatic N) is 4. The fourth-order valence-corrected chi connectivity index (χ4v) is 6.08. The number of para-hydroxylation sites is 1. The van der Waals surface area contributed by atoms with E-state index in [1.54, 1.807) is 25.2 Å². The van der Waals surface area contributed by atoms with Gasteiger partial charge in [0.15, 0.2) is 6.17 Å². The van der Waals surface area contributed by atoms with Crippen LogP contribution in [0.2, 0.25) is 0 Å². The summed E-state index contributed by atoms with van der Waals surface area (Å²) in [5.74, 6) is 11.4. The summed E-state index contributed by atoms with van der Waals surface area (Å²) in [6, 6.07) is 15.3. The summed E-state index contributed by atoms with van der Waals surface area (Å²) in [5, 5.41) is 10.7. The molecule has 1 saturated heterocycles. The second-order valence-corrected chi connectivity index (χ2v) is 13.4. The van der Waals surface area contributed by atoms with Gasteiger partial charge in [0.2, 0.25) is 0 Å². The smallest absolute Gasteiger partial charge is 0.410 e. The Morgan fingerprint density at radius 3 is 2.65 bits per heavy atom. The molecule has 2 aromatic carbocycles. The maximum atomic E-state index is 13.1. The number of hydrazone groups is 1. The number of aliphatic imine (C=N–C) groups is 1. The predicted octanol–water partition coefficient (Wildman–Crippen LogP) is 6.36. The number of methoxy groups -OCH3 is 2. The average Bonchev–Trinajstić information content (AvgIpc) is 3.50. The van der Waals surface area contributed by atoms with Crippen LogP contribution in [0.15, 0.2) is 93.7 Å². The minimum atomic E-state index is -0.590. The topological polar surface area (TPSA) is 97.2 Å². The largest absolute Gasteiger partial charge is 0.497 e. The van der Waals surface area contributed by atoms with Crippen molar-refractivity contribution in [3.8, 4) is 41.4 Å². The second-order valence-electron chi connectivity index (χ2n) is 13.4. The van der Waals surface area contributed by atoms with Crippen LogP contribution in [0, 0.1) is 30.1 Å². The predicted molar refractivity (Wildman–Crippen MR) is 201 cm³/mol. The van der Waals surface area contributed by atoms with Gasteiger partial charge < -0.3 is 23.8 Å². The number of allylic oxidation sites excluding steroid dienone is 5. The van der Waals surface area contributed by atoms with Crippen LogP contribution in [0.3, 0.4) is 0 Å². The van der Waals surface area contributed by atoms with Gasteiger partial charge in [-0.05, 0) is 76.5 Å². The molecule has 0 radical (unpaired) electrons. The summed E-state index contributed by atoms with van der Waals surface area (Å²) in [4.78, 5) is 19.7. The number of carbonyl (C=O) groups is 1. The number of piperidine rings is 1. The monoisotopic (exact) mass is 689 g/mol. The van der Waals surface area contributed by atoms with Crippen LogP contribution >= 0.6 is 0 Å². The fourth-order valence-electron chi connectivity index (χ4n) is 6.08. The normalized spacial score (nSPS) is 21.9. The van der Waals surface area contributed by atoms with Gasteiger partial charge in [0, 0.05) is 43.1 Å². The van der Waals surface area contributed by atoms with Gasteiger partial charge in [0.25, 0.3) is 0 Å². The molecule has 0 aromatic heterocycles. The van der Waals surface area contributed by atoms with Gasteiger partial charge in [0.05, 0.1) is 31.7 Å². The molecule has 0 aliphatic carbocycles. The summed E-state index contributed by atoms with van der Waals surface area (Å²) in [6.07, 6.45) is 14.1. The highest BCUT2D eigenvalue weighted by Crippen LogP contribution is 2.36. The van der Waals surface area contributed by atoms with Gasteiger partial charge in [-0.25, -0.2) is 4.79 Å². The molecule has 3 unspecified atom stereocenters. The quantitative estimate of drug-likeness (QED) is 0.217. The van der Waals surface area contributed by atoms with Crippen molar-refractivity contribution in [3.05, 3.63) is 89.2 Å². The van der Waals surface area contributed by atoms with Gasteiger partial charge in [-0.15, -0.1) is 6.42 Å². The molecule has 5 rings (SSSR count). The molecule has 10 heteroatoms. The van der Waals surface area contributed by atoms with Crippen LogP contribution in [0.5, 0.6) is 17.2 Å². The molecule has 3 atom stereocenters. The molecule has 0 saturated carbocycles. The number of terminal acetylenes is 1. The zero-order valence-corrected chi connectivity index (χ0v) is 30.3. The fraction of sp³-hybridized carbons (Fsp3) is 0.390. The molecule has 3 aliphatic rings. The zero-order valence-electron chi connectivity index (χ0n) is 30.3. The van der Waals surface area contributed by atoms with E-state index in [4.69, 9.17) is 35.5 Å². The van der Waals surface area contributed by atoms with E-state index in [1.807, 2.05) is 99.6 Å². The van der Waals surface area contributed by atoms with Gasteiger partial charge >= 0.3 is 6.09 Å². The van der Waals surface area contributed by atoms with E-state index in [-0.39, 0.29) is 12.1 Å². The number of benzene rings is 2. The Morgan fingerprint density at radius 2 is 1.92 bits per heavy atom. The number of rotatable bonds is 11. The van der Waals surface area contributed by atoms with Crippen molar-refractivity contribution in [2.45, 2.75) is 64.9 Å². The minimum absolute atomic E-state index is 0.0974. The Kier molecular flexibility index (Phi) is 12.3. The second kappa shape index (κ2) is 17.0. The maximum Gasteiger partial charge on any atom is 0.410 e. The molecule has 2 aromatic rings. The lowest BCUT2D eigenvalue weighted by molar-refractivity contribution is 0.0134. The zero-order chi connectivity index (χ0) is 36.4. The summed E-state index contributed by atoms with van der Waals surface area (Å²) in [7, 11) is 3.26. The minimum Gasteiger partial charge on any atom is -0.497 e. The number of fused-ring (bicyclic) bond motifs is 1. The molecular formula is C41H47N5O5. The number of carbonyl (C=O) groups excluding carboxylic acids is 1. The van der Waals surface area contributed by atoms with E-state index in [0.29, 0.717) is 37.7 Å². The van der Waals surface area contributed by atoms with Gasteiger partial charge in [-0.2, -0.15) is 5.10 Å². The third-order valence-corrected chi connectivity index (χ3v) is 8.49. The Balaban J connectivity index is 1.45. The number of amides is 1. The maximum absolute atomic E-state index is 13.1. The van der Waals surface area contributed by atoms with E-state index >= 15 is 0 Å². The molecule has 0 spiro atoms. The Bertz CT molecular complexity index is 1820. The van der Waals surface area contributed by atoms with Crippen LogP contribution in [0.4, 0.5) is 4.79 Å². The molecule has 1 N–H and O–H groups in total. The first-order valence-corrected chi connectivity index (χ1v) is 17.2. The van der Waals surface area contributed by atoms with Gasteiger partial charge in [-0.3, -0.25) is 15.3 Å². The van der Waals surface area contributed by atoms with Gasteiger partial charge in [0.1, 0.15) is 35.4 Å². The van der Waals surface area contributed by atoms with Crippen LogP contribution in [0.25, 0.3) is 0 Å². The van der Waals surface area contributed by atoms with Crippen molar-refractivity contribution in [2.75, 3.05) is 33.9 Å². The SMILES string of the molecule is C#C/C=C(\C=C/COc1ccccc1)C1=NN(C2CCCN(C(=O)OC(C)(C)C)C2)/C2=C(\C)C=NC(NCc3ccc(OC)cc3OC)C#CC12. The van der Waals surface area contributed by atoms with Crippen molar-refractivity contribution in [2.24, 2.45) is 16.0 Å². The standard InChI is InChI=1S/C41H47N5O5/c1-8-14-30(15-13-24-50-33-17-10-9-11-18-33)38-35-21-22-37(43-27-31-19-20-34(48-6)25-36(31)49-7)42-26-29(2)39(35)46(44-38)32-16-12-23-45(28-32)40(47)51-41(3,4)5/h1,9-11,13-15,17-20,25-26,32,35,37,43H,12,16,23-24,27-28H2,2-7H3/b15-13-,30-14+,39-29+,42-26?. The highest BCUT2D eigenvalue weighted by Gasteiger charge is 2.40. The first kappa shape index (κ1) is 36.8. The molecule has 266 valence electrons. The van der Waals surface area contributed by atoms with Crippen molar-refractivity contribution in [1.82, 2.24) is 15.2 Å². The Labute approximate surface area is 301 Å². The van der Waals surface area contributed by atoms with Crippen molar-refractivity contribution < 1.29 is 23.7 Å². The number of hydrogen-bond donors (Lipinski definition) is 1. The highest BCUT2D eigenvalue weighted by atomic mass is 16.6. The first-order chi connectivity index (χ1) is 24.6. The number of hydrogen-bond acceptors (Lipinski definition) is 9. The average molecular weight is 690 g/mol. The molecule has 51 heavy (non-hydrogen) atoms. The molecule has 0 bridgehead atoms. The highest BCUT2D eigenvalue weighted by molar-refractivity contribution is 6.09. The summed E-state index contributed by atoms with van der Waals surface area (Å²) >= 11 is 0. The van der Waals surface area contributed by atoms with Crippen LogP contribution in [-0.4, -0.2) is 79.7 Å². The molecule has 1 fully saturated rings. The first-order valence-electron chi connectivity index (χ1n) is 17.2. The number of nitrogens with one attached hydrogen (secondary N) is 1. The molecular weight excluding hydrogens is 642 g/mol. The Morgan fingerprint density at radius 1 is 1.12 bits per heavy atom. The van der Waals surface area contributed by atoms with Crippen molar-refractivity contribution in [3.63, 3.8) is 0 Å². The summed E-state index contributed by atoms with van der Waals surface area (Å²) in [5.41, 5.74) is 3.69. The van der Waals surface area contributed by atoms with E-state index in [2.05, 4.69) is 23.1 Å². The van der Waals surface area contributed by atoms with Crippen LogP contribution in [0.1, 0.15) is 46.1 Å². The summed E-state index contributed by atoms with van der Waals surface area (Å²) in [6.45, 7) is 9.57. The van der Waals surface area contributed by atoms with Crippen LogP contribution < -0.4 is 19.5 Å². The van der Waals surface area contributed by atoms with E-state index in [1.165, 1.54) is 0 Å². The van der Waals surface area contributed by atoms with Crippen molar-refractivity contribution >= 4 is 18.0 Å². The molecule has 3 heterocycles. The van der Waals surface area contributed by atoms with Crippen molar-refractivity contribution in [1.29, 1.82) is 0 Å². The lowest BCUT2D eigenvalue weighted by atomic mass is 9.91. The van der Waals surface area contributed by atoms with E-state index in [0.717, 1.165) is 46.7 Å². The van der Waals surface area contributed by atoms with E-state index < -0.39 is 17.7 Å². The summed E-state index contributed by atoms with van der Waals surface area (Å²) < 4.78 is 22.6. The Hall–Kier alpha value is -5.45. The number of likely N-dealkylation sites (tertiary alicyclic amines) is 1. The number of ether oxygens (including phenoxy) is 4. The molecule has 1 amide bonds. The lowest BCUT2D eigenvalue weighted by Gasteiger charge is -2.38. The third-order valence-electron chi connectivity index (χ3n) is 8.49. The lowest BCUT2D eigenvalue weighted by Crippen LogP contribution is -2.49. The van der Waals surface area contributed by atoms with E-state index in [9.17, 15) is 4.79 Å². The molecule has 10 nitrogen and oxygen atoms in total. The van der Waals surface area contributed by atoms with Crippen LogP contribution in [-0.2, 0) is 11.3 Å². The molecule has 3 aliphatic heterocycles. The van der Waals surface area contributed by atoms with Gasteiger partial charge in [-0.1, -0.05) is 48.1 Å². The third kappa shape index (κ3) is 9.62.